The molecule has 1 amide bonds. The average Bonchev–Trinajstić information content (AvgIpc) is 2.38. The highest BCUT2D eigenvalue weighted by Gasteiger charge is 2.30. The Bertz CT molecular complexity index is 445. The lowest BCUT2D eigenvalue weighted by Gasteiger charge is -2.36. The van der Waals surface area contributed by atoms with Crippen molar-refractivity contribution in [2.45, 2.75) is 50.8 Å². The first-order valence-corrected chi connectivity index (χ1v) is 7.20. The predicted molar refractivity (Wildman–Crippen MR) is 79.3 cm³/mol. The summed E-state index contributed by atoms with van der Waals surface area (Å²) < 4.78 is 5.65. The molecule has 4 heteroatoms. The van der Waals surface area contributed by atoms with Crippen LogP contribution in [0.4, 0.5) is 0 Å². The molecule has 1 aliphatic heterocycles. The number of rotatable bonds is 4. The minimum Gasteiger partial charge on any atom is -0.375 e. The van der Waals surface area contributed by atoms with Crippen molar-refractivity contribution in [2.75, 3.05) is 6.61 Å². The van der Waals surface area contributed by atoms with E-state index in [1.165, 1.54) is 0 Å². The third-order valence-corrected chi connectivity index (χ3v) is 3.68. The maximum Gasteiger partial charge on any atom is 0.237 e. The number of hydrogen-bond acceptors (Lipinski definition) is 3. The van der Waals surface area contributed by atoms with Crippen LogP contribution in [0.25, 0.3) is 0 Å². The quantitative estimate of drug-likeness (QED) is 0.878. The van der Waals surface area contributed by atoms with Crippen LogP contribution in [0.3, 0.4) is 0 Å². The predicted octanol–water partition coefficient (Wildman–Crippen LogP) is 1.63. The van der Waals surface area contributed by atoms with Crippen LogP contribution in [0.15, 0.2) is 30.3 Å². The first-order chi connectivity index (χ1) is 9.46. The molecule has 110 valence electrons. The van der Waals surface area contributed by atoms with Crippen LogP contribution in [0, 0.1) is 0 Å². The van der Waals surface area contributed by atoms with Gasteiger partial charge in [-0.3, -0.25) is 4.79 Å². The van der Waals surface area contributed by atoms with E-state index in [2.05, 4.69) is 19.2 Å². The molecule has 1 heterocycles. The van der Waals surface area contributed by atoms with E-state index >= 15 is 0 Å². The summed E-state index contributed by atoms with van der Waals surface area (Å²) in [5.41, 5.74) is 6.91. The number of carbonyl (C=O) groups excluding carboxylic acids is 1. The molecule has 0 radical (unpaired) electrons. The molecule has 1 aliphatic rings. The standard InChI is InChI=1S/C16H24N2O2/c1-16(2)11-13(8-9-20-16)18-15(19)14(17)10-12-6-4-3-5-7-12/h3-7,13-14H,8-11,17H2,1-2H3,(H,18,19). The molecule has 1 aromatic carbocycles. The summed E-state index contributed by atoms with van der Waals surface area (Å²) in [7, 11) is 0. The molecule has 0 aliphatic carbocycles. The van der Waals surface area contributed by atoms with Gasteiger partial charge in [0, 0.05) is 12.6 Å². The molecule has 1 fully saturated rings. The molecule has 2 rings (SSSR count). The van der Waals surface area contributed by atoms with E-state index in [9.17, 15) is 4.79 Å². The Hall–Kier alpha value is -1.39. The second kappa shape index (κ2) is 6.37. The van der Waals surface area contributed by atoms with Gasteiger partial charge in [-0.2, -0.15) is 0 Å². The second-order valence-electron chi connectivity index (χ2n) is 6.10. The summed E-state index contributed by atoms with van der Waals surface area (Å²) in [6.45, 7) is 4.79. The Morgan fingerprint density at radius 1 is 1.45 bits per heavy atom. The zero-order chi connectivity index (χ0) is 14.6. The minimum atomic E-state index is -0.497. The number of ether oxygens (including phenoxy) is 1. The summed E-state index contributed by atoms with van der Waals surface area (Å²) in [5.74, 6) is -0.0726. The summed E-state index contributed by atoms with van der Waals surface area (Å²) in [6.07, 6.45) is 2.25. The highest BCUT2D eigenvalue weighted by atomic mass is 16.5. The van der Waals surface area contributed by atoms with Gasteiger partial charge in [-0.15, -0.1) is 0 Å². The van der Waals surface area contributed by atoms with Crippen LogP contribution in [0.5, 0.6) is 0 Å². The minimum absolute atomic E-state index is 0.0726. The Labute approximate surface area is 120 Å². The molecule has 20 heavy (non-hydrogen) atoms. The van der Waals surface area contributed by atoms with Crippen molar-refractivity contribution < 1.29 is 9.53 Å². The summed E-state index contributed by atoms with van der Waals surface area (Å²) in [6, 6.07) is 9.52. The lowest BCUT2D eigenvalue weighted by Crippen LogP contribution is -2.51. The highest BCUT2D eigenvalue weighted by molar-refractivity contribution is 5.82. The number of hydrogen-bond donors (Lipinski definition) is 2. The maximum absolute atomic E-state index is 12.1. The lowest BCUT2D eigenvalue weighted by molar-refractivity contribution is -0.125. The fourth-order valence-corrected chi connectivity index (χ4v) is 2.62. The normalized spacial score (nSPS) is 23.1. The Morgan fingerprint density at radius 3 is 2.80 bits per heavy atom. The van der Waals surface area contributed by atoms with E-state index < -0.39 is 6.04 Å². The zero-order valence-electron chi connectivity index (χ0n) is 12.3. The van der Waals surface area contributed by atoms with Gasteiger partial charge in [-0.25, -0.2) is 0 Å². The van der Waals surface area contributed by atoms with E-state index in [1.807, 2.05) is 30.3 Å². The average molecular weight is 276 g/mol. The topological polar surface area (TPSA) is 64.4 Å². The Kier molecular flexibility index (Phi) is 4.78. The van der Waals surface area contributed by atoms with Crippen molar-refractivity contribution in [3.63, 3.8) is 0 Å². The van der Waals surface area contributed by atoms with Crippen LogP contribution in [-0.4, -0.2) is 30.2 Å². The van der Waals surface area contributed by atoms with Crippen LogP contribution in [-0.2, 0) is 16.0 Å². The molecule has 0 bridgehead atoms. The molecular weight excluding hydrogens is 252 g/mol. The molecule has 0 saturated carbocycles. The van der Waals surface area contributed by atoms with Gasteiger partial charge in [0.15, 0.2) is 0 Å². The Balaban J connectivity index is 1.85. The molecule has 1 saturated heterocycles. The largest absolute Gasteiger partial charge is 0.375 e. The van der Waals surface area contributed by atoms with Crippen molar-refractivity contribution in [1.29, 1.82) is 0 Å². The van der Waals surface area contributed by atoms with E-state index in [0.717, 1.165) is 18.4 Å². The van der Waals surface area contributed by atoms with Crippen molar-refractivity contribution in [2.24, 2.45) is 5.73 Å². The number of nitrogens with one attached hydrogen (secondary N) is 1. The van der Waals surface area contributed by atoms with Gasteiger partial charge >= 0.3 is 0 Å². The Morgan fingerprint density at radius 2 is 2.15 bits per heavy atom. The molecule has 0 spiro atoms. The SMILES string of the molecule is CC1(C)CC(NC(=O)C(N)Cc2ccccc2)CCO1. The molecule has 0 aromatic heterocycles. The van der Waals surface area contributed by atoms with E-state index in [-0.39, 0.29) is 17.6 Å². The zero-order valence-corrected chi connectivity index (χ0v) is 12.3. The van der Waals surface area contributed by atoms with Gasteiger partial charge in [-0.05, 0) is 38.7 Å². The maximum atomic E-state index is 12.1. The summed E-state index contributed by atoms with van der Waals surface area (Å²) in [4.78, 5) is 12.1. The van der Waals surface area contributed by atoms with Crippen molar-refractivity contribution >= 4 is 5.91 Å². The molecule has 4 nitrogen and oxygen atoms in total. The number of benzene rings is 1. The fraction of sp³-hybridized carbons (Fsp3) is 0.562. The molecule has 3 N–H and O–H groups in total. The van der Waals surface area contributed by atoms with Crippen LogP contribution < -0.4 is 11.1 Å². The smallest absolute Gasteiger partial charge is 0.237 e. The van der Waals surface area contributed by atoms with Crippen LogP contribution >= 0.6 is 0 Å². The first kappa shape index (κ1) is 15.0. The lowest BCUT2D eigenvalue weighted by atomic mass is 9.93. The van der Waals surface area contributed by atoms with E-state index in [4.69, 9.17) is 10.5 Å². The van der Waals surface area contributed by atoms with Gasteiger partial charge in [0.05, 0.1) is 11.6 Å². The highest BCUT2D eigenvalue weighted by Crippen LogP contribution is 2.23. The third kappa shape index (κ3) is 4.32. The number of amides is 1. The van der Waals surface area contributed by atoms with Crippen molar-refractivity contribution in [1.82, 2.24) is 5.32 Å². The second-order valence-corrected chi connectivity index (χ2v) is 6.10. The van der Waals surface area contributed by atoms with Gasteiger partial charge in [0.1, 0.15) is 0 Å². The first-order valence-electron chi connectivity index (χ1n) is 7.20. The molecular formula is C16H24N2O2. The fourth-order valence-electron chi connectivity index (χ4n) is 2.62. The van der Waals surface area contributed by atoms with E-state index in [1.54, 1.807) is 0 Å². The number of nitrogens with two attached hydrogens (primary N) is 1. The van der Waals surface area contributed by atoms with Crippen LogP contribution in [0.1, 0.15) is 32.3 Å². The summed E-state index contributed by atoms with van der Waals surface area (Å²) >= 11 is 0. The van der Waals surface area contributed by atoms with Gasteiger partial charge < -0.3 is 15.8 Å². The molecule has 2 atom stereocenters. The van der Waals surface area contributed by atoms with Gasteiger partial charge in [-0.1, -0.05) is 30.3 Å². The van der Waals surface area contributed by atoms with Crippen molar-refractivity contribution in [3.05, 3.63) is 35.9 Å². The van der Waals surface area contributed by atoms with E-state index in [0.29, 0.717) is 13.0 Å². The van der Waals surface area contributed by atoms with Crippen molar-refractivity contribution in [3.8, 4) is 0 Å². The molecule has 1 aromatic rings. The van der Waals surface area contributed by atoms with Gasteiger partial charge in [0.2, 0.25) is 5.91 Å². The monoisotopic (exact) mass is 276 g/mol. The van der Waals surface area contributed by atoms with Gasteiger partial charge in [0.25, 0.3) is 0 Å². The third-order valence-electron chi connectivity index (χ3n) is 3.68. The van der Waals surface area contributed by atoms with Crippen LogP contribution in [0.2, 0.25) is 0 Å². The molecule has 2 unspecified atom stereocenters. The number of carbonyl (C=O) groups is 1. The summed E-state index contributed by atoms with van der Waals surface area (Å²) in [5, 5.41) is 3.05.